The van der Waals surface area contributed by atoms with E-state index in [4.69, 9.17) is 11.6 Å². The van der Waals surface area contributed by atoms with E-state index in [2.05, 4.69) is 5.32 Å². The highest BCUT2D eigenvalue weighted by Gasteiger charge is 2.34. The first-order valence-electron chi connectivity index (χ1n) is 13.2. The van der Waals surface area contributed by atoms with Gasteiger partial charge >= 0.3 is 0 Å². The maximum Gasteiger partial charge on any atom is 0.264 e. The molecule has 4 rings (SSSR count). The first kappa shape index (κ1) is 30.7. The van der Waals surface area contributed by atoms with E-state index in [9.17, 15) is 22.4 Å². The molecular formula is C32H31ClFN3O4S. The molecule has 1 N–H and O–H groups in total. The Labute approximate surface area is 250 Å². The van der Waals surface area contributed by atoms with Gasteiger partial charge < -0.3 is 10.2 Å². The van der Waals surface area contributed by atoms with E-state index >= 15 is 0 Å². The smallest absolute Gasteiger partial charge is 0.264 e. The van der Waals surface area contributed by atoms with Crippen LogP contribution in [0, 0.1) is 12.7 Å². The van der Waals surface area contributed by atoms with Crippen LogP contribution < -0.4 is 9.62 Å². The molecule has 0 spiro atoms. The number of benzene rings is 4. The van der Waals surface area contributed by atoms with Crippen molar-refractivity contribution in [3.63, 3.8) is 0 Å². The molecule has 0 aliphatic carbocycles. The molecule has 2 amide bonds. The van der Waals surface area contributed by atoms with Crippen molar-refractivity contribution in [3.8, 4) is 0 Å². The molecule has 4 aromatic carbocycles. The van der Waals surface area contributed by atoms with Gasteiger partial charge in [-0.2, -0.15) is 0 Å². The van der Waals surface area contributed by atoms with Crippen LogP contribution in [-0.4, -0.2) is 44.8 Å². The van der Waals surface area contributed by atoms with E-state index in [-0.39, 0.29) is 23.5 Å². The Hall–Kier alpha value is -4.21. The predicted octanol–water partition coefficient (Wildman–Crippen LogP) is 5.37. The summed E-state index contributed by atoms with van der Waals surface area (Å²) in [5.74, 6) is -1.59. The maximum absolute atomic E-state index is 14.2. The third-order valence-corrected chi connectivity index (χ3v) is 8.79. The van der Waals surface area contributed by atoms with E-state index in [1.165, 1.54) is 36.2 Å². The van der Waals surface area contributed by atoms with Crippen molar-refractivity contribution in [1.82, 2.24) is 10.2 Å². The Kier molecular flexibility index (Phi) is 9.98. The summed E-state index contributed by atoms with van der Waals surface area (Å²) in [5.41, 5.74) is 2.44. The summed E-state index contributed by atoms with van der Waals surface area (Å²) >= 11 is 6.22. The summed E-state index contributed by atoms with van der Waals surface area (Å²) in [5, 5.41) is 3.09. The number of nitrogens with one attached hydrogen (secondary N) is 1. The lowest BCUT2D eigenvalue weighted by Gasteiger charge is -2.33. The number of carbonyl (C=O) groups is 2. The lowest BCUT2D eigenvalue weighted by molar-refractivity contribution is -0.139. The number of aryl methyl sites for hydroxylation is 1. The summed E-state index contributed by atoms with van der Waals surface area (Å²) in [7, 11) is -2.78. The minimum absolute atomic E-state index is 0.00779. The van der Waals surface area contributed by atoms with Crippen LogP contribution >= 0.6 is 11.6 Å². The Balaban J connectivity index is 1.78. The highest BCUT2D eigenvalue weighted by molar-refractivity contribution is 7.92. The first-order valence-corrected chi connectivity index (χ1v) is 15.0. The normalized spacial score (nSPS) is 11.9. The molecule has 0 bridgehead atoms. The van der Waals surface area contributed by atoms with E-state index in [0.29, 0.717) is 10.6 Å². The molecule has 1 atom stereocenters. The third-order valence-electron chi connectivity index (χ3n) is 6.76. The molecule has 0 fully saturated rings. The van der Waals surface area contributed by atoms with Crippen molar-refractivity contribution in [3.05, 3.63) is 131 Å². The fourth-order valence-electron chi connectivity index (χ4n) is 4.53. The summed E-state index contributed by atoms with van der Waals surface area (Å²) in [6, 6.07) is 26.2. The lowest BCUT2D eigenvalue weighted by Crippen LogP contribution is -2.53. The zero-order valence-corrected chi connectivity index (χ0v) is 24.8. The highest BCUT2D eigenvalue weighted by atomic mass is 35.5. The topological polar surface area (TPSA) is 86.8 Å². The Morgan fingerprint density at radius 3 is 2.14 bits per heavy atom. The van der Waals surface area contributed by atoms with Gasteiger partial charge in [-0.15, -0.1) is 0 Å². The lowest BCUT2D eigenvalue weighted by atomic mass is 10.0. The number of sulfonamides is 1. The van der Waals surface area contributed by atoms with E-state index in [1.54, 1.807) is 36.4 Å². The molecule has 0 aliphatic heterocycles. The summed E-state index contributed by atoms with van der Waals surface area (Å²) < 4.78 is 42.6. The Morgan fingerprint density at radius 2 is 1.52 bits per heavy atom. The molecular weight excluding hydrogens is 577 g/mol. The van der Waals surface area contributed by atoms with Gasteiger partial charge in [-0.05, 0) is 66.6 Å². The quantitative estimate of drug-likeness (QED) is 0.248. The SMILES string of the molecule is CNC(=O)[C@@H](Cc1ccccc1)N(Cc1cccc(Cl)c1)C(=O)CN(c1ccc(F)cc1)S(=O)(=O)c1ccc(C)cc1. The van der Waals surface area contributed by atoms with Gasteiger partial charge in [0.1, 0.15) is 18.4 Å². The number of anilines is 1. The fraction of sp³-hybridized carbons (Fsp3) is 0.188. The van der Waals surface area contributed by atoms with Gasteiger partial charge in [-0.25, -0.2) is 12.8 Å². The molecule has 0 aliphatic rings. The molecule has 0 saturated carbocycles. The van der Waals surface area contributed by atoms with Gasteiger partial charge in [-0.3, -0.25) is 13.9 Å². The van der Waals surface area contributed by atoms with Crippen LogP contribution in [0.25, 0.3) is 0 Å². The minimum Gasteiger partial charge on any atom is -0.357 e. The molecule has 10 heteroatoms. The van der Waals surface area contributed by atoms with Gasteiger partial charge in [0.2, 0.25) is 11.8 Å². The van der Waals surface area contributed by atoms with E-state index < -0.39 is 40.2 Å². The second-order valence-electron chi connectivity index (χ2n) is 9.77. The predicted molar refractivity (Wildman–Crippen MR) is 162 cm³/mol. The van der Waals surface area contributed by atoms with Crippen molar-refractivity contribution < 1.29 is 22.4 Å². The number of hydrogen-bond donors (Lipinski definition) is 1. The van der Waals surface area contributed by atoms with Crippen LogP contribution in [0.1, 0.15) is 16.7 Å². The molecule has 42 heavy (non-hydrogen) atoms. The highest BCUT2D eigenvalue weighted by Crippen LogP contribution is 2.26. The van der Waals surface area contributed by atoms with Crippen molar-refractivity contribution in [1.29, 1.82) is 0 Å². The van der Waals surface area contributed by atoms with Crippen LogP contribution in [-0.2, 0) is 32.6 Å². The molecule has 0 unspecified atom stereocenters. The van der Waals surface area contributed by atoms with Crippen LogP contribution in [0.4, 0.5) is 10.1 Å². The molecule has 0 heterocycles. The second kappa shape index (κ2) is 13.6. The zero-order valence-electron chi connectivity index (χ0n) is 23.2. The number of likely N-dealkylation sites (N-methyl/N-ethyl adjacent to an activating group) is 1. The number of amides is 2. The van der Waals surface area contributed by atoms with Crippen LogP contribution in [0.15, 0.2) is 108 Å². The fourth-order valence-corrected chi connectivity index (χ4v) is 6.15. The number of rotatable bonds is 11. The second-order valence-corrected chi connectivity index (χ2v) is 12.1. The largest absolute Gasteiger partial charge is 0.357 e. The van der Waals surface area contributed by atoms with Gasteiger partial charge in [0.05, 0.1) is 10.6 Å². The van der Waals surface area contributed by atoms with Crippen LogP contribution in [0.2, 0.25) is 5.02 Å². The van der Waals surface area contributed by atoms with Crippen LogP contribution in [0.5, 0.6) is 0 Å². The van der Waals surface area contributed by atoms with Crippen molar-refractivity contribution >= 4 is 39.1 Å². The van der Waals surface area contributed by atoms with Gasteiger partial charge in [-0.1, -0.05) is 71.8 Å². The average Bonchev–Trinajstić information content (AvgIpc) is 2.98. The maximum atomic E-state index is 14.2. The Morgan fingerprint density at radius 1 is 0.881 bits per heavy atom. The summed E-state index contributed by atoms with van der Waals surface area (Å²) in [6.07, 6.45) is 0.189. The first-order chi connectivity index (χ1) is 20.1. The molecule has 4 aromatic rings. The standard InChI is InChI=1S/C32H31ClFN3O4S/c1-23-11-17-29(18-12-23)42(40,41)37(28-15-13-27(34)14-16-28)22-31(38)36(21-25-9-6-10-26(33)19-25)30(32(39)35-2)20-24-7-4-3-5-8-24/h3-19,30H,20-22H2,1-2H3,(H,35,39)/t30-/m1/s1. The number of nitrogens with zero attached hydrogens (tertiary/aromatic N) is 2. The van der Waals surface area contributed by atoms with Crippen molar-refractivity contribution in [2.24, 2.45) is 0 Å². The van der Waals surface area contributed by atoms with Crippen LogP contribution in [0.3, 0.4) is 0 Å². The molecule has 7 nitrogen and oxygen atoms in total. The Bertz CT molecular complexity index is 1630. The van der Waals surface area contributed by atoms with E-state index in [1.807, 2.05) is 37.3 Å². The average molecular weight is 608 g/mol. The van der Waals surface area contributed by atoms with Crippen molar-refractivity contribution in [2.45, 2.75) is 30.8 Å². The summed E-state index contributed by atoms with van der Waals surface area (Å²) in [4.78, 5) is 28.8. The molecule has 0 radical (unpaired) electrons. The number of halogens is 2. The van der Waals surface area contributed by atoms with Crippen molar-refractivity contribution in [2.75, 3.05) is 17.9 Å². The monoisotopic (exact) mass is 607 g/mol. The van der Waals surface area contributed by atoms with E-state index in [0.717, 1.165) is 27.6 Å². The van der Waals surface area contributed by atoms with Gasteiger partial charge in [0, 0.05) is 25.0 Å². The number of carbonyl (C=O) groups excluding carboxylic acids is 2. The number of hydrogen-bond acceptors (Lipinski definition) is 4. The molecule has 218 valence electrons. The van der Waals surface area contributed by atoms with Gasteiger partial charge in [0.25, 0.3) is 10.0 Å². The minimum atomic E-state index is -4.26. The molecule has 0 saturated heterocycles. The third kappa shape index (κ3) is 7.54. The van der Waals surface area contributed by atoms with Gasteiger partial charge in [0.15, 0.2) is 0 Å². The molecule has 0 aromatic heterocycles. The zero-order chi connectivity index (χ0) is 30.3. The summed E-state index contributed by atoms with van der Waals surface area (Å²) in [6.45, 7) is 1.19.